The second kappa shape index (κ2) is 7.56. The summed E-state index contributed by atoms with van der Waals surface area (Å²) in [5, 5.41) is 2.69. The van der Waals surface area contributed by atoms with Crippen LogP contribution in [0.15, 0.2) is 0 Å². The molecule has 2 unspecified atom stereocenters. The van der Waals surface area contributed by atoms with Crippen molar-refractivity contribution in [3.05, 3.63) is 0 Å². The van der Waals surface area contributed by atoms with Crippen molar-refractivity contribution in [1.29, 1.82) is 0 Å². The summed E-state index contributed by atoms with van der Waals surface area (Å²) in [4.78, 5) is 0. The van der Waals surface area contributed by atoms with Crippen LogP contribution in [0.1, 0.15) is 0 Å². The molecule has 0 spiro atoms. The van der Waals surface area contributed by atoms with Crippen molar-refractivity contribution in [3.8, 4) is 0 Å². The third kappa shape index (κ3) is 5.85. The highest BCUT2D eigenvalue weighted by Gasteiger charge is 2.37. The van der Waals surface area contributed by atoms with E-state index in [0.29, 0.717) is 13.1 Å². The lowest BCUT2D eigenvalue weighted by molar-refractivity contribution is 0.106. The molecule has 0 radical (unpaired) electrons. The first-order chi connectivity index (χ1) is 8.80. The number of hydrogen-bond donors (Lipinski definition) is 1. The Bertz CT molecular complexity index is 417. The Morgan fingerprint density at radius 1 is 1.42 bits per heavy atom. The predicted octanol–water partition coefficient (Wildman–Crippen LogP) is 0.839. The van der Waals surface area contributed by atoms with Gasteiger partial charge >= 0.3 is 7.67 Å². The molecule has 0 aromatic heterocycles. The van der Waals surface area contributed by atoms with E-state index in [0.717, 1.165) is 6.26 Å². The van der Waals surface area contributed by atoms with E-state index in [2.05, 4.69) is 5.09 Å². The zero-order valence-electron chi connectivity index (χ0n) is 10.4. The van der Waals surface area contributed by atoms with E-state index in [4.69, 9.17) is 31.9 Å². The molecule has 19 heavy (non-hydrogen) atoms. The lowest BCUT2D eigenvalue weighted by Crippen LogP contribution is -2.43. The zero-order chi connectivity index (χ0) is 14.5. The molecule has 1 heterocycles. The summed E-state index contributed by atoms with van der Waals surface area (Å²) in [6.45, 7) is 0.760. The van der Waals surface area contributed by atoms with Gasteiger partial charge in [-0.05, 0) is 0 Å². The van der Waals surface area contributed by atoms with E-state index in [1.165, 1.54) is 4.67 Å². The Hall–Kier alpha value is 0.600. The van der Waals surface area contributed by atoms with Crippen LogP contribution in [0, 0.1) is 0 Å². The highest BCUT2D eigenvalue weighted by atomic mass is 35.5. The maximum Gasteiger partial charge on any atom is 0.343 e. The van der Waals surface area contributed by atoms with Crippen molar-refractivity contribution in [2.24, 2.45) is 0 Å². The molecule has 0 aromatic carbocycles. The molecule has 0 bridgehead atoms. The van der Waals surface area contributed by atoms with Crippen molar-refractivity contribution in [2.75, 3.05) is 44.3 Å². The van der Waals surface area contributed by atoms with Gasteiger partial charge in [-0.25, -0.2) is 9.76 Å². The third-order valence-corrected chi connectivity index (χ3v) is 5.51. The molecule has 1 N–H and O–H groups in total. The minimum absolute atomic E-state index is 0.0710. The molecule has 0 amide bonds. The second-order valence-corrected chi connectivity index (χ2v) is 8.47. The predicted molar refractivity (Wildman–Crippen MR) is 74.3 cm³/mol. The quantitative estimate of drug-likeness (QED) is 0.412. The molecule has 0 aliphatic carbocycles. The number of halogens is 2. The summed E-state index contributed by atoms with van der Waals surface area (Å²) in [5.74, 6) is 0.574. The molecule has 7 nitrogen and oxygen atoms in total. The van der Waals surface area contributed by atoms with E-state index in [1.54, 1.807) is 0 Å². The molecule has 0 aromatic rings. The second-order valence-electron chi connectivity index (χ2n) is 3.93. The van der Waals surface area contributed by atoms with Crippen molar-refractivity contribution in [1.82, 2.24) is 9.76 Å². The summed E-state index contributed by atoms with van der Waals surface area (Å²) in [7, 11) is -6.79. The Balaban J connectivity index is 2.61. The number of nitrogens with zero attached hydrogens (tertiary/aromatic N) is 1. The van der Waals surface area contributed by atoms with E-state index in [9.17, 15) is 13.0 Å². The molecule has 1 aliphatic rings. The van der Waals surface area contributed by atoms with Crippen LogP contribution in [0.5, 0.6) is 0 Å². The summed E-state index contributed by atoms with van der Waals surface area (Å²) in [5.41, 5.74) is 0. The van der Waals surface area contributed by atoms with Crippen LogP contribution in [0.25, 0.3) is 0 Å². The fraction of sp³-hybridized carbons (Fsp3) is 1.00. The van der Waals surface area contributed by atoms with Gasteiger partial charge in [-0.3, -0.25) is 8.75 Å². The van der Waals surface area contributed by atoms with E-state index < -0.39 is 23.9 Å². The van der Waals surface area contributed by atoms with Crippen LogP contribution >= 0.6 is 30.9 Å². The van der Waals surface area contributed by atoms with Gasteiger partial charge in [-0.15, -0.1) is 23.2 Å². The lowest BCUT2D eigenvalue weighted by Gasteiger charge is -2.35. The first-order valence-corrected chi connectivity index (χ1v) is 10.0. The largest absolute Gasteiger partial charge is 0.343 e. The average molecular weight is 355 g/mol. The van der Waals surface area contributed by atoms with Crippen LogP contribution in [-0.2, 0) is 23.4 Å². The average Bonchev–Trinajstić information content (AvgIpc) is 2.30. The lowest BCUT2D eigenvalue weighted by atomic mass is 10.4. The summed E-state index contributed by atoms with van der Waals surface area (Å²) in [6, 6.07) is 0. The third-order valence-electron chi connectivity index (χ3n) is 2.32. The van der Waals surface area contributed by atoms with Crippen LogP contribution in [0.2, 0.25) is 0 Å². The van der Waals surface area contributed by atoms with Gasteiger partial charge in [-0.2, -0.15) is 8.42 Å². The Labute approximate surface area is 123 Å². The van der Waals surface area contributed by atoms with Crippen LogP contribution in [0.3, 0.4) is 0 Å². The maximum atomic E-state index is 12.5. The summed E-state index contributed by atoms with van der Waals surface area (Å²) in [6.07, 6.45) is 0.264. The van der Waals surface area contributed by atoms with E-state index in [-0.39, 0.29) is 24.9 Å². The van der Waals surface area contributed by atoms with Crippen LogP contribution in [-0.4, -0.2) is 63.4 Å². The molecular formula is C8H17Cl2N2O5PS. The molecule has 0 saturated carbocycles. The van der Waals surface area contributed by atoms with E-state index >= 15 is 0 Å². The Kier molecular flexibility index (Phi) is 7.03. The number of alkyl halides is 2. The highest BCUT2D eigenvalue weighted by Crippen LogP contribution is 2.48. The molecule has 1 saturated heterocycles. The smallest absolute Gasteiger partial charge is 0.303 e. The molecule has 1 fully saturated rings. The van der Waals surface area contributed by atoms with Gasteiger partial charge < -0.3 is 4.52 Å². The van der Waals surface area contributed by atoms with Gasteiger partial charge in [0.1, 0.15) is 6.10 Å². The van der Waals surface area contributed by atoms with Gasteiger partial charge in [0.2, 0.25) is 0 Å². The SMILES string of the molecule is CS(=O)(=O)OC1CNP(=O)(N(CCCl)CCCl)OC1. The number of rotatable bonds is 7. The molecule has 2 atom stereocenters. The molecule has 11 heteroatoms. The highest BCUT2D eigenvalue weighted by molar-refractivity contribution is 7.86. The monoisotopic (exact) mass is 354 g/mol. The number of nitrogens with one attached hydrogen (secondary N) is 1. The Morgan fingerprint density at radius 2 is 2.00 bits per heavy atom. The van der Waals surface area contributed by atoms with Gasteiger partial charge in [0.05, 0.1) is 12.9 Å². The Morgan fingerprint density at radius 3 is 2.37 bits per heavy atom. The summed E-state index contributed by atoms with van der Waals surface area (Å²) < 4.78 is 46.0. The van der Waals surface area contributed by atoms with Crippen LogP contribution in [0.4, 0.5) is 0 Å². The molecular weight excluding hydrogens is 338 g/mol. The maximum absolute atomic E-state index is 12.5. The molecule has 114 valence electrons. The van der Waals surface area contributed by atoms with Gasteiger partial charge in [0.15, 0.2) is 0 Å². The fourth-order valence-corrected chi connectivity index (χ4v) is 4.81. The van der Waals surface area contributed by atoms with Crippen LogP contribution < -0.4 is 5.09 Å². The fourth-order valence-electron chi connectivity index (χ4n) is 1.57. The first-order valence-electron chi connectivity index (χ1n) is 5.56. The van der Waals surface area contributed by atoms with Gasteiger partial charge in [0, 0.05) is 31.4 Å². The van der Waals surface area contributed by atoms with Crippen molar-refractivity contribution in [3.63, 3.8) is 0 Å². The standard InChI is InChI=1S/C8H17Cl2N2O5PS/c1-19(14,15)17-8-6-11-18(13,16-7-8)12(4-2-9)5-3-10/h8H,2-7H2,1H3,(H,11,13). The minimum Gasteiger partial charge on any atom is -0.303 e. The zero-order valence-corrected chi connectivity index (χ0v) is 13.6. The molecule has 1 rings (SSSR count). The topological polar surface area (TPSA) is 84.9 Å². The normalized spacial score (nSPS) is 28.7. The van der Waals surface area contributed by atoms with Gasteiger partial charge in [0.25, 0.3) is 10.1 Å². The molecule has 1 aliphatic heterocycles. The first kappa shape index (κ1) is 17.7. The van der Waals surface area contributed by atoms with Crippen molar-refractivity contribution < 1.29 is 21.7 Å². The number of hydrogen-bond acceptors (Lipinski definition) is 5. The van der Waals surface area contributed by atoms with Gasteiger partial charge in [-0.1, -0.05) is 0 Å². The summed E-state index contributed by atoms with van der Waals surface area (Å²) >= 11 is 11.3. The minimum atomic E-state index is -3.57. The van der Waals surface area contributed by atoms with Crippen molar-refractivity contribution >= 4 is 41.0 Å². The van der Waals surface area contributed by atoms with E-state index in [1.807, 2.05) is 0 Å². The van der Waals surface area contributed by atoms with Crippen molar-refractivity contribution in [2.45, 2.75) is 6.10 Å².